The fraction of sp³-hybridized carbons (Fsp3) is 0. The van der Waals surface area contributed by atoms with Gasteiger partial charge < -0.3 is 9.84 Å². The Hall–Kier alpha value is -3.88. The van der Waals surface area contributed by atoms with E-state index in [0.29, 0.717) is 11.4 Å². The van der Waals surface area contributed by atoms with E-state index in [4.69, 9.17) is 4.52 Å². The standard InChI is InChI=1S/C17H11FN6O2/c18-14-7-2-1-6-13(14)16-9-15(21-26-16)17(25)20-11-4-3-5-12(8-11)24-10-19-22-23-24/h1-10H,(H,20,25). The van der Waals surface area contributed by atoms with Gasteiger partial charge in [0.25, 0.3) is 5.91 Å². The van der Waals surface area contributed by atoms with E-state index in [1.54, 1.807) is 42.5 Å². The van der Waals surface area contributed by atoms with Gasteiger partial charge >= 0.3 is 0 Å². The van der Waals surface area contributed by atoms with Crippen molar-refractivity contribution in [3.05, 3.63) is 72.4 Å². The molecule has 128 valence electrons. The van der Waals surface area contributed by atoms with Gasteiger partial charge in [-0.2, -0.15) is 0 Å². The number of hydrogen-bond acceptors (Lipinski definition) is 6. The Kier molecular flexibility index (Phi) is 3.94. The summed E-state index contributed by atoms with van der Waals surface area (Å²) < 4.78 is 20.4. The first kappa shape index (κ1) is 15.6. The lowest BCUT2D eigenvalue weighted by Crippen LogP contribution is -2.12. The second kappa shape index (κ2) is 6.55. The number of anilines is 1. The third-order valence-electron chi connectivity index (χ3n) is 3.60. The Morgan fingerprint density at radius 3 is 2.81 bits per heavy atom. The van der Waals surface area contributed by atoms with Gasteiger partial charge in [0.1, 0.15) is 12.1 Å². The molecule has 1 N–H and O–H groups in total. The van der Waals surface area contributed by atoms with E-state index in [1.807, 2.05) is 0 Å². The van der Waals surface area contributed by atoms with Gasteiger partial charge in [-0.15, -0.1) is 5.10 Å². The highest BCUT2D eigenvalue weighted by molar-refractivity contribution is 6.03. The number of benzene rings is 2. The Labute approximate surface area is 146 Å². The number of amides is 1. The maximum atomic E-state index is 13.8. The quantitative estimate of drug-likeness (QED) is 0.607. The molecule has 0 aliphatic rings. The third kappa shape index (κ3) is 3.05. The van der Waals surface area contributed by atoms with E-state index in [2.05, 4.69) is 26.0 Å². The number of nitrogens with zero attached hydrogens (tertiary/aromatic N) is 5. The SMILES string of the molecule is O=C(Nc1cccc(-n2cnnn2)c1)c1cc(-c2ccccc2F)on1. The minimum absolute atomic E-state index is 0.0380. The molecule has 9 heteroatoms. The molecule has 0 saturated heterocycles. The lowest BCUT2D eigenvalue weighted by molar-refractivity contribution is 0.101. The molecule has 0 aliphatic carbocycles. The summed E-state index contributed by atoms with van der Waals surface area (Å²) in [6, 6.07) is 14.4. The predicted molar refractivity (Wildman–Crippen MR) is 89.0 cm³/mol. The molecule has 0 spiro atoms. The minimum atomic E-state index is -0.481. The van der Waals surface area contributed by atoms with Crippen LogP contribution in [0.2, 0.25) is 0 Å². The summed E-state index contributed by atoms with van der Waals surface area (Å²) in [6.07, 6.45) is 1.44. The van der Waals surface area contributed by atoms with Gasteiger partial charge in [-0.1, -0.05) is 23.4 Å². The highest BCUT2D eigenvalue weighted by Crippen LogP contribution is 2.23. The number of tetrazole rings is 1. The Morgan fingerprint density at radius 1 is 1.12 bits per heavy atom. The summed E-state index contributed by atoms with van der Waals surface area (Å²) in [7, 11) is 0. The van der Waals surface area contributed by atoms with E-state index < -0.39 is 11.7 Å². The molecule has 2 heterocycles. The zero-order chi connectivity index (χ0) is 17.9. The van der Waals surface area contributed by atoms with Crippen molar-refractivity contribution in [2.24, 2.45) is 0 Å². The summed E-state index contributed by atoms with van der Waals surface area (Å²) in [5.41, 5.74) is 1.48. The largest absolute Gasteiger partial charge is 0.355 e. The smallest absolute Gasteiger partial charge is 0.277 e. The van der Waals surface area contributed by atoms with Gasteiger partial charge in [0, 0.05) is 11.8 Å². The molecular weight excluding hydrogens is 339 g/mol. The molecule has 1 amide bonds. The zero-order valence-electron chi connectivity index (χ0n) is 13.2. The summed E-state index contributed by atoms with van der Waals surface area (Å²) in [5.74, 6) is -0.759. The lowest BCUT2D eigenvalue weighted by atomic mass is 10.1. The van der Waals surface area contributed by atoms with Gasteiger partial charge in [-0.25, -0.2) is 9.07 Å². The molecule has 0 radical (unpaired) electrons. The average Bonchev–Trinajstić information content (AvgIpc) is 3.35. The molecule has 4 rings (SSSR count). The summed E-state index contributed by atoms with van der Waals surface area (Å²) in [5, 5.41) is 17.3. The number of carbonyl (C=O) groups is 1. The molecule has 0 saturated carbocycles. The zero-order valence-corrected chi connectivity index (χ0v) is 13.2. The fourth-order valence-electron chi connectivity index (χ4n) is 2.37. The Morgan fingerprint density at radius 2 is 2.00 bits per heavy atom. The van der Waals surface area contributed by atoms with Crippen molar-refractivity contribution in [2.75, 3.05) is 5.32 Å². The first-order valence-electron chi connectivity index (χ1n) is 7.57. The van der Waals surface area contributed by atoms with Crippen LogP contribution in [0.25, 0.3) is 17.0 Å². The van der Waals surface area contributed by atoms with Crippen LogP contribution >= 0.6 is 0 Å². The minimum Gasteiger partial charge on any atom is -0.355 e. The van der Waals surface area contributed by atoms with Crippen LogP contribution in [-0.2, 0) is 0 Å². The molecule has 8 nitrogen and oxygen atoms in total. The number of nitrogens with one attached hydrogen (secondary N) is 1. The average molecular weight is 350 g/mol. The van der Waals surface area contributed by atoms with Crippen molar-refractivity contribution < 1.29 is 13.7 Å². The third-order valence-corrected chi connectivity index (χ3v) is 3.60. The molecule has 0 bridgehead atoms. The first-order chi connectivity index (χ1) is 12.7. The molecule has 0 atom stereocenters. The normalized spacial score (nSPS) is 10.7. The number of rotatable bonds is 4. The monoisotopic (exact) mass is 350 g/mol. The second-order valence-corrected chi connectivity index (χ2v) is 5.32. The highest BCUT2D eigenvalue weighted by Gasteiger charge is 2.16. The molecule has 26 heavy (non-hydrogen) atoms. The predicted octanol–water partition coefficient (Wildman–Crippen LogP) is 2.71. The summed E-state index contributed by atoms with van der Waals surface area (Å²) in [6.45, 7) is 0. The van der Waals surface area contributed by atoms with Crippen molar-refractivity contribution in [1.82, 2.24) is 25.4 Å². The lowest BCUT2D eigenvalue weighted by Gasteiger charge is -2.05. The molecule has 4 aromatic rings. The second-order valence-electron chi connectivity index (χ2n) is 5.32. The van der Waals surface area contributed by atoms with Crippen LogP contribution in [0.5, 0.6) is 0 Å². The van der Waals surface area contributed by atoms with Crippen molar-refractivity contribution in [1.29, 1.82) is 0 Å². The maximum absolute atomic E-state index is 13.8. The van der Waals surface area contributed by atoms with Crippen LogP contribution in [-0.4, -0.2) is 31.3 Å². The van der Waals surface area contributed by atoms with E-state index in [1.165, 1.54) is 23.1 Å². The highest BCUT2D eigenvalue weighted by atomic mass is 19.1. The molecular formula is C17H11FN6O2. The Bertz CT molecular complexity index is 1060. The van der Waals surface area contributed by atoms with E-state index in [9.17, 15) is 9.18 Å². The van der Waals surface area contributed by atoms with Gasteiger partial charge in [-0.05, 0) is 40.8 Å². The van der Waals surface area contributed by atoms with Crippen molar-refractivity contribution in [3.63, 3.8) is 0 Å². The molecule has 0 aliphatic heterocycles. The number of hydrogen-bond donors (Lipinski definition) is 1. The number of halogens is 1. The summed E-state index contributed by atoms with van der Waals surface area (Å²) in [4.78, 5) is 12.4. The fourth-order valence-corrected chi connectivity index (χ4v) is 2.37. The van der Waals surface area contributed by atoms with Crippen molar-refractivity contribution >= 4 is 11.6 Å². The van der Waals surface area contributed by atoms with E-state index >= 15 is 0 Å². The molecule has 0 unspecified atom stereocenters. The van der Waals surface area contributed by atoms with Gasteiger partial charge in [-0.3, -0.25) is 4.79 Å². The van der Waals surface area contributed by atoms with Gasteiger partial charge in [0.05, 0.1) is 11.3 Å². The van der Waals surface area contributed by atoms with E-state index in [0.717, 1.165) is 0 Å². The molecule has 2 aromatic carbocycles. The van der Waals surface area contributed by atoms with E-state index in [-0.39, 0.29) is 17.0 Å². The van der Waals surface area contributed by atoms with Crippen molar-refractivity contribution in [3.8, 4) is 17.0 Å². The number of carbonyl (C=O) groups excluding carboxylic acids is 1. The molecule has 0 fully saturated rings. The Balaban J connectivity index is 1.54. The van der Waals surface area contributed by atoms with Crippen LogP contribution in [0.1, 0.15) is 10.5 Å². The van der Waals surface area contributed by atoms with Crippen LogP contribution in [0.4, 0.5) is 10.1 Å². The topological polar surface area (TPSA) is 98.7 Å². The summed E-state index contributed by atoms with van der Waals surface area (Å²) >= 11 is 0. The maximum Gasteiger partial charge on any atom is 0.277 e. The van der Waals surface area contributed by atoms with Crippen LogP contribution in [0.15, 0.2) is 65.4 Å². The number of aromatic nitrogens is 5. The first-order valence-corrected chi connectivity index (χ1v) is 7.57. The van der Waals surface area contributed by atoms with Gasteiger partial charge in [0.15, 0.2) is 11.5 Å². The van der Waals surface area contributed by atoms with Crippen LogP contribution in [0, 0.1) is 5.82 Å². The van der Waals surface area contributed by atoms with Crippen LogP contribution < -0.4 is 5.32 Å². The molecule has 2 aromatic heterocycles. The van der Waals surface area contributed by atoms with Gasteiger partial charge in [0.2, 0.25) is 0 Å². The van der Waals surface area contributed by atoms with Crippen LogP contribution in [0.3, 0.4) is 0 Å². The van der Waals surface area contributed by atoms with Crippen molar-refractivity contribution in [2.45, 2.75) is 0 Å².